The summed E-state index contributed by atoms with van der Waals surface area (Å²) >= 11 is 0. The Hall–Kier alpha value is -1.79. The average molecular weight is 343 g/mol. The number of allylic oxidation sites excluding steroid dienone is 1. The molecule has 0 radical (unpaired) electrons. The van der Waals surface area contributed by atoms with Crippen LogP contribution in [0.5, 0.6) is 0 Å². The molecule has 0 saturated carbocycles. The van der Waals surface area contributed by atoms with Crippen molar-refractivity contribution in [3.05, 3.63) is 47.6 Å². The van der Waals surface area contributed by atoms with Crippen LogP contribution in [0.25, 0.3) is 0 Å². The summed E-state index contributed by atoms with van der Waals surface area (Å²) in [7, 11) is -0.547. The molecule has 0 spiro atoms. The molecule has 0 bridgehead atoms. The molecule has 6 heteroatoms. The summed E-state index contributed by atoms with van der Waals surface area (Å²) in [6.07, 6.45) is 3.48. The molecular formula is C19H26BNO4. The van der Waals surface area contributed by atoms with Crippen LogP contribution in [-0.2, 0) is 20.7 Å². The Labute approximate surface area is 150 Å². The van der Waals surface area contributed by atoms with E-state index in [1.165, 1.54) is 0 Å². The molecule has 2 aliphatic heterocycles. The first-order chi connectivity index (χ1) is 11.8. The molecule has 0 aliphatic carbocycles. The average Bonchev–Trinajstić information content (AvgIpc) is 2.81. The zero-order valence-electron chi connectivity index (χ0n) is 15.5. The van der Waals surface area contributed by atoms with E-state index in [0.29, 0.717) is 6.54 Å². The lowest BCUT2D eigenvalue weighted by atomic mass is 9.81. The van der Waals surface area contributed by atoms with Crippen LogP contribution in [0.3, 0.4) is 0 Å². The van der Waals surface area contributed by atoms with Crippen molar-refractivity contribution >= 4 is 13.2 Å². The molecule has 1 aromatic rings. The fourth-order valence-electron chi connectivity index (χ4n) is 2.92. The van der Waals surface area contributed by atoms with E-state index in [1.807, 2.05) is 64.1 Å². The van der Waals surface area contributed by atoms with E-state index < -0.39 is 18.3 Å². The van der Waals surface area contributed by atoms with Gasteiger partial charge in [-0.15, -0.1) is 0 Å². The van der Waals surface area contributed by atoms with Crippen molar-refractivity contribution in [2.75, 3.05) is 6.54 Å². The molecule has 0 atom stereocenters. The van der Waals surface area contributed by atoms with Crippen LogP contribution in [0, 0.1) is 0 Å². The number of rotatable bonds is 3. The number of carbonyl (C=O) groups is 1. The van der Waals surface area contributed by atoms with Gasteiger partial charge in [-0.1, -0.05) is 36.4 Å². The van der Waals surface area contributed by atoms with Gasteiger partial charge in [0.05, 0.1) is 16.8 Å². The van der Waals surface area contributed by atoms with Crippen LogP contribution in [0.2, 0.25) is 0 Å². The highest BCUT2D eigenvalue weighted by Gasteiger charge is 2.54. The Balaban J connectivity index is 1.69. The third kappa shape index (κ3) is 3.75. The number of hydrogen-bond donors (Lipinski definition) is 0. The van der Waals surface area contributed by atoms with Gasteiger partial charge in [0.2, 0.25) is 0 Å². The molecule has 0 N–H and O–H groups in total. The van der Waals surface area contributed by atoms with E-state index in [4.69, 9.17) is 14.0 Å². The molecule has 0 aromatic heterocycles. The van der Waals surface area contributed by atoms with E-state index in [0.717, 1.165) is 24.0 Å². The number of amides is 1. The molecule has 1 amide bonds. The van der Waals surface area contributed by atoms with Gasteiger partial charge in [0.1, 0.15) is 6.61 Å². The summed E-state index contributed by atoms with van der Waals surface area (Å²) in [5.41, 5.74) is 0.850. The lowest BCUT2D eigenvalue weighted by Crippen LogP contribution is -2.41. The second-order valence-corrected chi connectivity index (χ2v) is 7.55. The van der Waals surface area contributed by atoms with E-state index in [1.54, 1.807) is 4.90 Å². The predicted molar refractivity (Wildman–Crippen MR) is 96.7 cm³/mol. The molecule has 2 aliphatic rings. The zero-order valence-corrected chi connectivity index (χ0v) is 15.5. The van der Waals surface area contributed by atoms with Gasteiger partial charge >= 0.3 is 13.2 Å². The van der Waals surface area contributed by atoms with E-state index in [9.17, 15) is 4.79 Å². The van der Waals surface area contributed by atoms with Crippen molar-refractivity contribution in [1.82, 2.24) is 4.90 Å². The summed E-state index contributed by atoms with van der Waals surface area (Å²) < 4.78 is 17.7. The SMILES string of the molecule is CC1(C)OB(C2=CCCCN2C(=O)OCc2ccccc2)OC1(C)C. The van der Waals surface area contributed by atoms with Crippen molar-refractivity contribution in [3.63, 3.8) is 0 Å². The van der Waals surface area contributed by atoms with Gasteiger partial charge in [-0.05, 0) is 46.1 Å². The number of nitrogens with zero attached hydrogens (tertiary/aromatic N) is 1. The predicted octanol–water partition coefficient (Wildman–Crippen LogP) is 3.93. The topological polar surface area (TPSA) is 48.0 Å². The highest BCUT2D eigenvalue weighted by molar-refractivity contribution is 6.54. The number of benzene rings is 1. The Kier molecular flexibility index (Phi) is 4.93. The molecule has 134 valence electrons. The van der Waals surface area contributed by atoms with Gasteiger partial charge < -0.3 is 14.0 Å². The first-order valence-corrected chi connectivity index (χ1v) is 8.84. The summed E-state index contributed by atoms with van der Waals surface area (Å²) in [5, 5.41) is 0. The van der Waals surface area contributed by atoms with E-state index >= 15 is 0 Å². The van der Waals surface area contributed by atoms with Crippen LogP contribution in [0.4, 0.5) is 4.79 Å². The molecule has 25 heavy (non-hydrogen) atoms. The first-order valence-electron chi connectivity index (χ1n) is 8.84. The summed E-state index contributed by atoms with van der Waals surface area (Å²) in [6, 6.07) is 9.68. The monoisotopic (exact) mass is 343 g/mol. The van der Waals surface area contributed by atoms with Crippen LogP contribution in [-0.4, -0.2) is 35.9 Å². The van der Waals surface area contributed by atoms with Crippen LogP contribution in [0.1, 0.15) is 46.1 Å². The van der Waals surface area contributed by atoms with Crippen molar-refractivity contribution in [2.45, 2.75) is 58.3 Å². The minimum Gasteiger partial charge on any atom is -0.444 e. The summed E-state index contributed by atoms with van der Waals surface area (Å²) in [4.78, 5) is 14.3. The lowest BCUT2D eigenvalue weighted by Gasteiger charge is -2.32. The fourth-order valence-corrected chi connectivity index (χ4v) is 2.92. The Morgan fingerprint density at radius 1 is 1.16 bits per heavy atom. The summed E-state index contributed by atoms with van der Waals surface area (Å²) in [6.45, 7) is 8.90. The van der Waals surface area contributed by atoms with Gasteiger partial charge in [-0.2, -0.15) is 0 Å². The van der Waals surface area contributed by atoms with Gasteiger partial charge in [0.25, 0.3) is 0 Å². The van der Waals surface area contributed by atoms with Crippen molar-refractivity contribution in [1.29, 1.82) is 0 Å². The zero-order chi connectivity index (χ0) is 18.1. The molecule has 1 fully saturated rings. The van der Waals surface area contributed by atoms with Crippen molar-refractivity contribution in [2.24, 2.45) is 0 Å². The molecule has 1 saturated heterocycles. The van der Waals surface area contributed by atoms with Crippen LogP contribution in [0.15, 0.2) is 42.0 Å². The maximum Gasteiger partial charge on any atom is 0.512 e. The molecule has 3 rings (SSSR count). The maximum absolute atomic E-state index is 12.6. The Bertz CT molecular complexity index is 641. The molecule has 5 nitrogen and oxygen atoms in total. The molecule has 0 unspecified atom stereocenters. The summed E-state index contributed by atoms with van der Waals surface area (Å²) in [5.74, 6) is 0. The second-order valence-electron chi connectivity index (χ2n) is 7.55. The van der Waals surface area contributed by atoms with Crippen molar-refractivity contribution in [3.8, 4) is 0 Å². The van der Waals surface area contributed by atoms with Crippen LogP contribution >= 0.6 is 0 Å². The third-order valence-corrected chi connectivity index (χ3v) is 5.17. The van der Waals surface area contributed by atoms with Gasteiger partial charge in [0.15, 0.2) is 0 Å². The highest BCUT2D eigenvalue weighted by atomic mass is 16.7. The molecular weight excluding hydrogens is 317 g/mol. The smallest absolute Gasteiger partial charge is 0.444 e. The standard InChI is InChI=1S/C19H26BNO4/c1-18(2)19(3,4)25-20(24-18)16-12-8-9-13-21(16)17(22)23-14-15-10-6-5-7-11-15/h5-7,10-12H,8-9,13-14H2,1-4H3. The molecule has 1 aromatic carbocycles. The maximum atomic E-state index is 12.6. The quantitative estimate of drug-likeness (QED) is 0.780. The lowest BCUT2D eigenvalue weighted by molar-refractivity contribution is 0.00578. The van der Waals surface area contributed by atoms with Gasteiger partial charge in [0, 0.05) is 6.54 Å². The number of hydrogen-bond acceptors (Lipinski definition) is 4. The minimum absolute atomic E-state index is 0.257. The normalized spacial score (nSPS) is 21.8. The van der Waals surface area contributed by atoms with Crippen molar-refractivity contribution < 1.29 is 18.8 Å². The Morgan fingerprint density at radius 3 is 2.44 bits per heavy atom. The minimum atomic E-state index is -0.547. The molecule has 2 heterocycles. The third-order valence-electron chi connectivity index (χ3n) is 5.17. The first kappa shape index (κ1) is 18.0. The van der Waals surface area contributed by atoms with Crippen LogP contribution < -0.4 is 0 Å². The Morgan fingerprint density at radius 2 is 1.80 bits per heavy atom. The number of ether oxygens (including phenoxy) is 1. The fraction of sp³-hybridized carbons (Fsp3) is 0.526. The van der Waals surface area contributed by atoms with E-state index in [-0.39, 0.29) is 12.7 Å². The largest absolute Gasteiger partial charge is 0.512 e. The van der Waals surface area contributed by atoms with E-state index in [2.05, 4.69) is 0 Å². The second kappa shape index (κ2) is 6.85. The highest BCUT2D eigenvalue weighted by Crippen LogP contribution is 2.39. The number of carbonyl (C=O) groups excluding carboxylic acids is 1. The van der Waals surface area contributed by atoms with Gasteiger partial charge in [-0.25, -0.2) is 4.79 Å². The van der Waals surface area contributed by atoms with Gasteiger partial charge in [-0.3, -0.25) is 4.90 Å².